The SMILES string of the molecule is CC(C)=CC[NH+]1CCN(S(=O)(=O)c2ccc(C(C)C)cc2)CC1. The minimum Gasteiger partial charge on any atom is -0.329 e. The molecule has 1 aromatic rings. The first-order valence-corrected chi connectivity index (χ1v) is 9.81. The van der Waals surface area contributed by atoms with Gasteiger partial charge in [0.1, 0.15) is 0 Å². The van der Waals surface area contributed by atoms with E-state index in [4.69, 9.17) is 0 Å². The quantitative estimate of drug-likeness (QED) is 0.831. The molecule has 1 heterocycles. The van der Waals surface area contributed by atoms with Gasteiger partial charge in [-0.25, -0.2) is 8.42 Å². The molecule has 23 heavy (non-hydrogen) atoms. The van der Waals surface area contributed by atoms with Gasteiger partial charge in [-0.05, 0) is 43.5 Å². The molecule has 1 saturated heterocycles. The van der Waals surface area contributed by atoms with E-state index in [1.165, 1.54) is 16.0 Å². The Morgan fingerprint density at radius 3 is 2.22 bits per heavy atom. The Kier molecular flexibility index (Phi) is 6.00. The van der Waals surface area contributed by atoms with Crippen molar-refractivity contribution < 1.29 is 13.3 Å². The molecule has 0 saturated carbocycles. The molecule has 128 valence electrons. The van der Waals surface area contributed by atoms with Crippen molar-refractivity contribution in [1.82, 2.24) is 4.31 Å². The molecule has 1 aliphatic heterocycles. The van der Waals surface area contributed by atoms with Gasteiger partial charge in [0.15, 0.2) is 0 Å². The number of nitrogens with one attached hydrogen (secondary N) is 1. The van der Waals surface area contributed by atoms with Gasteiger partial charge >= 0.3 is 0 Å². The van der Waals surface area contributed by atoms with Crippen LogP contribution >= 0.6 is 0 Å². The van der Waals surface area contributed by atoms with Gasteiger partial charge in [-0.3, -0.25) is 0 Å². The molecule has 2 rings (SSSR count). The first-order chi connectivity index (χ1) is 10.8. The summed E-state index contributed by atoms with van der Waals surface area (Å²) in [6, 6.07) is 7.34. The van der Waals surface area contributed by atoms with E-state index in [-0.39, 0.29) is 0 Å². The second-order valence-electron chi connectivity index (χ2n) is 6.86. The fourth-order valence-electron chi connectivity index (χ4n) is 2.77. The molecule has 0 amide bonds. The maximum absolute atomic E-state index is 12.7. The summed E-state index contributed by atoms with van der Waals surface area (Å²) >= 11 is 0. The number of rotatable bonds is 5. The Morgan fingerprint density at radius 2 is 1.74 bits per heavy atom. The van der Waals surface area contributed by atoms with Crippen molar-refractivity contribution in [2.75, 3.05) is 32.7 Å². The van der Waals surface area contributed by atoms with Gasteiger partial charge in [-0.1, -0.05) is 31.6 Å². The number of quaternary nitrogens is 1. The lowest BCUT2D eigenvalue weighted by molar-refractivity contribution is -0.897. The van der Waals surface area contributed by atoms with Crippen LogP contribution in [0.3, 0.4) is 0 Å². The van der Waals surface area contributed by atoms with Crippen LogP contribution in [-0.4, -0.2) is 45.4 Å². The first-order valence-electron chi connectivity index (χ1n) is 8.37. The van der Waals surface area contributed by atoms with E-state index < -0.39 is 10.0 Å². The molecule has 0 bridgehead atoms. The van der Waals surface area contributed by atoms with Crippen molar-refractivity contribution >= 4 is 10.0 Å². The lowest BCUT2D eigenvalue weighted by Crippen LogP contribution is -3.14. The molecule has 0 aliphatic carbocycles. The maximum Gasteiger partial charge on any atom is 0.243 e. The van der Waals surface area contributed by atoms with Gasteiger partial charge in [0, 0.05) is 0 Å². The van der Waals surface area contributed by atoms with Crippen LogP contribution in [0.1, 0.15) is 39.2 Å². The van der Waals surface area contributed by atoms with Crippen LogP contribution in [-0.2, 0) is 10.0 Å². The molecular weight excluding hydrogens is 308 g/mol. The second kappa shape index (κ2) is 7.60. The summed E-state index contributed by atoms with van der Waals surface area (Å²) in [6.07, 6.45) is 2.23. The maximum atomic E-state index is 12.7. The summed E-state index contributed by atoms with van der Waals surface area (Å²) in [5, 5.41) is 0. The van der Waals surface area contributed by atoms with E-state index in [9.17, 15) is 8.42 Å². The fourth-order valence-corrected chi connectivity index (χ4v) is 4.21. The largest absolute Gasteiger partial charge is 0.329 e. The van der Waals surface area contributed by atoms with Crippen molar-refractivity contribution in [3.63, 3.8) is 0 Å². The Hall–Kier alpha value is -1.17. The third-order valence-corrected chi connectivity index (χ3v) is 6.33. The van der Waals surface area contributed by atoms with Gasteiger partial charge in [0.25, 0.3) is 0 Å². The van der Waals surface area contributed by atoms with E-state index >= 15 is 0 Å². The minimum atomic E-state index is -3.35. The summed E-state index contributed by atoms with van der Waals surface area (Å²) < 4.78 is 27.1. The van der Waals surface area contributed by atoms with Gasteiger partial charge in [0.05, 0.1) is 37.6 Å². The van der Waals surface area contributed by atoms with E-state index in [1.807, 2.05) is 12.1 Å². The van der Waals surface area contributed by atoms with Crippen LogP contribution in [0.5, 0.6) is 0 Å². The number of benzene rings is 1. The van der Waals surface area contributed by atoms with Crippen molar-refractivity contribution in [3.05, 3.63) is 41.5 Å². The number of sulfonamides is 1. The molecule has 1 aliphatic rings. The molecule has 0 atom stereocenters. The smallest absolute Gasteiger partial charge is 0.243 e. The van der Waals surface area contributed by atoms with Crippen molar-refractivity contribution in [1.29, 1.82) is 0 Å². The number of hydrogen-bond donors (Lipinski definition) is 1. The summed E-state index contributed by atoms with van der Waals surface area (Å²) in [5.41, 5.74) is 2.48. The number of piperazine rings is 1. The van der Waals surface area contributed by atoms with Gasteiger partial charge in [0.2, 0.25) is 10.0 Å². The van der Waals surface area contributed by atoms with Crippen LogP contribution in [0, 0.1) is 0 Å². The highest BCUT2D eigenvalue weighted by atomic mass is 32.2. The number of nitrogens with zero attached hydrogens (tertiary/aromatic N) is 1. The van der Waals surface area contributed by atoms with Crippen LogP contribution in [0.4, 0.5) is 0 Å². The third-order valence-electron chi connectivity index (χ3n) is 4.41. The molecule has 0 aromatic heterocycles. The van der Waals surface area contributed by atoms with Gasteiger partial charge < -0.3 is 4.90 Å². The topological polar surface area (TPSA) is 41.8 Å². The summed E-state index contributed by atoms with van der Waals surface area (Å²) in [6.45, 7) is 12.3. The molecule has 4 nitrogen and oxygen atoms in total. The number of hydrogen-bond acceptors (Lipinski definition) is 2. The zero-order chi connectivity index (χ0) is 17.0. The number of allylic oxidation sites excluding steroid dienone is 1. The van der Waals surface area contributed by atoms with Crippen LogP contribution in [0.25, 0.3) is 0 Å². The van der Waals surface area contributed by atoms with E-state index in [0.29, 0.717) is 23.9 Å². The molecule has 1 N–H and O–H groups in total. The van der Waals surface area contributed by atoms with E-state index in [0.717, 1.165) is 19.6 Å². The first kappa shape index (κ1) is 18.2. The average molecular weight is 338 g/mol. The Bertz CT molecular complexity index is 636. The monoisotopic (exact) mass is 337 g/mol. The van der Waals surface area contributed by atoms with Crippen molar-refractivity contribution in [2.24, 2.45) is 0 Å². The second-order valence-corrected chi connectivity index (χ2v) is 8.80. The molecule has 0 spiro atoms. The molecule has 5 heteroatoms. The van der Waals surface area contributed by atoms with E-state index in [1.54, 1.807) is 16.4 Å². The van der Waals surface area contributed by atoms with Crippen molar-refractivity contribution in [3.8, 4) is 0 Å². The minimum absolute atomic E-state index is 0.411. The normalized spacial score (nSPS) is 17.4. The fraction of sp³-hybridized carbons (Fsp3) is 0.556. The Labute approximate surface area is 140 Å². The zero-order valence-electron chi connectivity index (χ0n) is 14.7. The van der Waals surface area contributed by atoms with Crippen LogP contribution in [0.15, 0.2) is 40.8 Å². The average Bonchev–Trinajstić information content (AvgIpc) is 2.53. The summed E-state index contributed by atoms with van der Waals surface area (Å²) in [4.78, 5) is 1.86. The van der Waals surface area contributed by atoms with Crippen LogP contribution < -0.4 is 4.90 Å². The Morgan fingerprint density at radius 1 is 1.17 bits per heavy atom. The highest BCUT2D eigenvalue weighted by molar-refractivity contribution is 7.89. The highest BCUT2D eigenvalue weighted by Crippen LogP contribution is 2.20. The van der Waals surface area contributed by atoms with Crippen molar-refractivity contribution in [2.45, 2.75) is 38.5 Å². The molecule has 1 aromatic carbocycles. The standard InChI is InChI=1S/C18H28N2O2S/c1-15(2)9-10-19-11-13-20(14-12-19)23(21,22)18-7-5-17(6-8-18)16(3)4/h5-9,16H,10-14H2,1-4H3/p+1. The van der Waals surface area contributed by atoms with Gasteiger partial charge in [-0.15, -0.1) is 0 Å². The van der Waals surface area contributed by atoms with Gasteiger partial charge in [-0.2, -0.15) is 4.31 Å². The predicted molar refractivity (Wildman–Crippen MR) is 94.3 cm³/mol. The Balaban J connectivity index is 2.02. The third kappa shape index (κ3) is 4.66. The summed E-state index contributed by atoms with van der Waals surface area (Å²) in [7, 11) is -3.35. The van der Waals surface area contributed by atoms with Crippen LogP contribution in [0.2, 0.25) is 0 Å². The molecular formula is C18H29N2O2S+. The highest BCUT2D eigenvalue weighted by Gasteiger charge is 2.29. The molecule has 0 radical (unpaired) electrons. The summed E-state index contributed by atoms with van der Waals surface area (Å²) in [5.74, 6) is 0.411. The lowest BCUT2D eigenvalue weighted by atomic mass is 10.0. The predicted octanol–water partition coefficient (Wildman–Crippen LogP) is 1.67. The zero-order valence-corrected chi connectivity index (χ0v) is 15.5. The van der Waals surface area contributed by atoms with E-state index in [2.05, 4.69) is 33.8 Å². The molecule has 1 fully saturated rings. The molecule has 0 unspecified atom stereocenters. The lowest BCUT2D eigenvalue weighted by Gasteiger charge is -2.31.